The molecule has 1 aromatic rings. The van der Waals surface area contributed by atoms with Crippen molar-refractivity contribution in [2.45, 2.75) is 49.8 Å². The van der Waals surface area contributed by atoms with Crippen LogP contribution in [0.15, 0.2) is 29.2 Å². The van der Waals surface area contributed by atoms with E-state index in [1.165, 1.54) is 10.5 Å². The molecule has 110 valence electrons. The van der Waals surface area contributed by atoms with Crippen LogP contribution in [0.3, 0.4) is 0 Å². The average molecular weight is 356 g/mol. The summed E-state index contributed by atoms with van der Waals surface area (Å²) in [6.45, 7) is 6.53. The fourth-order valence-corrected chi connectivity index (χ4v) is 4.09. The molecule has 1 amide bonds. The number of benzene rings is 1. The van der Waals surface area contributed by atoms with Crippen LogP contribution in [0.5, 0.6) is 0 Å². The monoisotopic (exact) mass is 355 g/mol. The van der Waals surface area contributed by atoms with Crippen LogP contribution in [-0.2, 0) is 11.2 Å². The summed E-state index contributed by atoms with van der Waals surface area (Å²) < 4.78 is 0. The van der Waals surface area contributed by atoms with E-state index in [4.69, 9.17) is 0 Å². The molecule has 1 N–H and O–H groups in total. The lowest BCUT2D eigenvalue weighted by Crippen LogP contribution is -2.47. The number of rotatable bonds is 4. The molecule has 0 radical (unpaired) electrons. The molecule has 0 spiro atoms. The maximum atomic E-state index is 12.5. The van der Waals surface area contributed by atoms with E-state index in [0.29, 0.717) is 0 Å². The van der Waals surface area contributed by atoms with Gasteiger partial charge in [0.05, 0.1) is 5.25 Å². The van der Waals surface area contributed by atoms with Crippen molar-refractivity contribution >= 4 is 33.6 Å². The minimum atomic E-state index is 0.0209. The molecule has 2 atom stereocenters. The summed E-state index contributed by atoms with van der Waals surface area (Å²) in [4.78, 5) is 13.7. The van der Waals surface area contributed by atoms with Gasteiger partial charge in [-0.25, -0.2) is 0 Å². The zero-order valence-electron chi connectivity index (χ0n) is 12.3. The smallest absolute Gasteiger partial charge is 0.234 e. The van der Waals surface area contributed by atoms with Gasteiger partial charge < -0.3 is 5.32 Å². The van der Waals surface area contributed by atoms with Gasteiger partial charge >= 0.3 is 0 Å². The highest BCUT2D eigenvalue weighted by atomic mass is 79.9. The van der Waals surface area contributed by atoms with Crippen LogP contribution in [-0.4, -0.2) is 22.5 Å². The summed E-state index contributed by atoms with van der Waals surface area (Å²) in [5.41, 5.74) is 1.38. The predicted molar refractivity (Wildman–Crippen MR) is 89.6 cm³/mol. The Hall–Kier alpha value is -0.480. The first-order chi connectivity index (χ1) is 9.41. The Morgan fingerprint density at radius 1 is 1.45 bits per heavy atom. The van der Waals surface area contributed by atoms with Crippen molar-refractivity contribution in [3.8, 4) is 0 Å². The highest BCUT2D eigenvalue weighted by Gasteiger charge is 2.32. The van der Waals surface area contributed by atoms with Crippen LogP contribution >= 0.6 is 27.7 Å². The van der Waals surface area contributed by atoms with Crippen molar-refractivity contribution in [3.05, 3.63) is 29.8 Å². The molecule has 20 heavy (non-hydrogen) atoms. The minimum absolute atomic E-state index is 0.0209. The van der Waals surface area contributed by atoms with E-state index in [1.807, 2.05) is 12.1 Å². The van der Waals surface area contributed by atoms with Gasteiger partial charge in [0, 0.05) is 16.3 Å². The van der Waals surface area contributed by atoms with E-state index >= 15 is 0 Å². The lowest BCUT2D eigenvalue weighted by atomic mass is 9.85. The van der Waals surface area contributed by atoms with Crippen LogP contribution in [0, 0.1) is 5.41 Å². The quantitative estimate of drug-likeness (QED) is 0.826. The zero-order chi connectivity index (χ0) is 14.8. The van der Waals surface area contributed by atoms with E-state index in [2.05, 4.69) is 54.2 Å². The van der Waals surface area contributed by atoms with Gasteiger partial charge in [-0.3, -0.25) is 4.79 Å². The van der Waals surface area contributed by atoms with Crippen molar-refractivity contribution in [2.24, 2.45) is 5.41 Å². The maximum Gasteiger partial charge on any atom is 0.234 e. The number of hydrogen-bond donors (Lipinski definition) is 1. The van der Waals surface area contributed by atoms with Gasteiger partial charge in [-0.15, -0.1) is 11.8 Å². The number of thioether (sulfide) groups is 1. The molecule has 1 aromatic carbocycles. The number of carbonyl (C=O) groups is 1. The Balaban J connectivity index is 1.99. The molecule has 2 unspecified atom stereocenters. The molecule has 0 aromatic heterocycles. The number of hydrogen-bond acceptors (Lipinski definition) is 2. The minimum Gasteiger partial charge on any atom is -0.352 e. The topological polar surface area (TPSA) is 29.1 Å². The normalized spacial score (nSPS) is 19.5. The van der Waals surface area contributed by atoms with Crippen LogP contribution in [0.1, 0.15) is 32.8 Å². The molecule has 0 fully saturated rings. The van der Waals surface area contributed by atoms with E-state index in [-0.39, 0.29) is 22.6 Å². The van der Waals surface area contributed by atoms with Gasteiger partial charge in [0.1, 0.15) is 0 Å². The van der Waals surface area contributed by atoms with Crippen LogP contribution in [0.25, 0.3) is 0 Å². The lowest BCUT2D eigenvalue weighted by molar-refractivity contribution is -0.122. The molecule has 0 aliphatic carbocycles. The summed E-state index contributed by atoms with van der Waals surface area (Å²) in [5.74, 6) is 0.173. The van der Waals surface area contributed by atoms with Crippen molar-refractivity contribution in [3.63, 3.8) is 0 Å². The maximum absolute atomic E-state index is 12.5. The molecule has 2 nitrogen and oxygen atoms in total. The number of halogens is 1. The van der Waals surface area contributed by atoms with Crippen molar-refractivity contribution in [1.29, 1.82) is 0 Å². The van der Waals surface area contributed by atoms with Gasteiger partial charge in [0.15, 0.2) is 0 Å². The van der Waals surface area contributed by atoms with Crippen molar-refractivity contribution in [2.75, 3.05) is 5.33 Å². The Kier molecular flexibility index (Phi) is 5.19. The number of amides is 1. The third-order valence-electron chi connectivity index (χ3n) is 3.70. The third kappa shape index (κ3) is 3.79. The standard InChI is InChI=1S/C16H22BrNOS/c1-16(2,3)14(8-9-17)18-15(19)13-10-11-6-4-5-7-12(11)20-13/h4-7,13-14H,8-10H2,1-3H3,(H,18,19). The number of carbonyl (C=O) groups excluding carboxylic acids is 1. The van der Waals surface area contributed by atoms with Gasteiger partial charge in [-0.1, -0.05) is 54.9 Å². The summed E-state index contributed by atoms with van der Waals surface area (Å²) in [7, 11) is 0. The third-order valence-corrected chi connectivity index (χ3v) is 5.47. The van der Waals surface area contributed by atoms with Crippen LogP contribution in [0.4, 0.5) is 0 Å². The zero-order valence-corrected chi connectivity index (χ0v) is 14.7. The van der Waals surface area contributed by atoms with Gasteiger partial charge in [-0.05, 0) is 29.9 Å². The van der Waals surface area contributed by atoms with Gasteiger partial charge in [0.25, 0.3) is 0 Å². The Morgan fingerprint density at radius 3 is 2.75 bits per heavy atom. The fourth-order valence-electron chi connectivity index (χ4n) is 2.42. The first-order valence-electron chi connectivity index (χ1n) is 7.02. The SMILES string of the molecule is CC(C)(C)C(CCBr)NC(=O)C1Cc2ccccc2S1. The summed E-state index contributed by atoms with van der Waals surface area (Å²) >= 11 is 5.17. The number of nitrogens with one attached hydrogen (secondary N) is 1. The van der Waals surface area contributed by atoms with Crippen molar-refractivity contribution in [1.82, 2.24) is 5.32 Å². The van der Waals surface area contributed by atoms with E-state index < -0.39 is 0 Å². The Bertz CT molecular complexity index is 459. The van der Waals surface area contributed by atoms with Crippen LogP contribution in [0.2, 0.25) is 0 Å². The number of alkyl halides is 1. The molecule has 1 aliphatic heterocycles. The first-order valence-corrected chi connectivity index (χ1v) is 9.03. The lowest BCUT2D eigenvalue weighted by Gasteiger charge is -2.32. The Morgan fingerprint density at radius 2 is 2.15 bits per heavy atom. The molecule has 4 heteroatoms. The second-order valence-electron chi connectivity index (χ2n) is 6.32. The van der Waals surface area contributed by atoms with Crippen LogP contribution < -0.4 is 5.32 Å². The van der Waals surface area contributed by atoms with E-state index in [9.17, 15) is 4.79 Å². The molecule has 0 bridgehead atoms. The Labute approximate surface area is 134 Å². The molecule has 1 heterocycles. The summed E-state index contributed by atoms with van der Waals surface area (Å²) in [5, 5.41) is 4.18. The second kappa shape index (κ2) is 6.52. The molecule has 1 aliphatic rings. The summed E-state index contributed by atoms with van der Waals surface area (Å²) in [6, 6.07) is 8.51. The van der Waals surface area contributed by atoms with E-state index in [1.54, 1.807) is 11.8 Å². The van der Waals surface area contributed by atoms with Crippen molar-refractivity contribution < 1.29 is 4.79 Å². The largest absolute Gasteiger partial charge is 0.352 e. The molecule has 0 saturated heterocycles. The predicted octanol–water partition coefficient (Wildman–Crippen LogP) is 4.02. The average Bonchev–Trinajstić information content (AvgIpc) is 2.80. The molecular formula is C16H22BrNOS. The van der Waals surface area contributed by atoms with E-state index in [0.717, 1.165) is 18.2 Å². The fraction of sp³-hybridized carbons (Fsp3) is 0.562. The molecule has 0 saturated carbocycles. The summed E-state index contributed by atoms with van der Waals surface area (Å²) in [6.07, 6.45) is 1.80. The second-order valence-corrected chi connectivity index (χ2v) is 8.36. The molecule has 2 rings (SSSR count). The van der Waals surface area contributed by atoms with Gasteiger partial charge in [0.2, 0.25) is 5.91 Å². The van der Waals surface area contributed by atoms with Gasteiger partial charge in [-0.2, -0.15) is 0 Å². The highest BCUT2D eigenvalue weighted by molar-refractivity contribution is 9.09. The highest BCUT2D eigenvalue weighted by Crippen LogP contribution is 2.37. The number of fused-ring (bicyclic) bond motifs is 1. The molecular weight excluding hydrogens is 334 g/mol. The first kappa shape index (κ1) is 15.9.